The van der Waals surface area contributed by atoms with Crippen LogP contribution in [0, 0.1) is 34.2 Å². The maximum Gasteiger partial charge on any atom is 0.269 e. The van der Waals surface area contributed by atoms with Crippen LogP contribution in [0.3, 0.4) is 0 Å². The van der Waals surface area contributed by atoms with Crippen molar-refractivity contribution in [1.82, 2.24) is 0 Å². The SMILES string of the molecule is Cc1cc([N+](=O)[O-])ccc1OCc1cc(C#N)ccc1F. The smallest absolute Gasteiger partial charge is 0.269 e. The summed E-state index contributed by atoms with van der Waals surface area (Å²) in [5.74, 6) is -0.0316. The standard InChI is InChI=1S/C15H11FN2O3/c1-10-6-13(18(19)20)3-5-15(10)21-9-12-7-11(8-17)2-4-14(12)16/h2-7H,9H2,1H3. The first-order valence-electron chi connectivity index (χ1n) is 6.07. The number of nitro benzene ring substituents is 1. The Morgan fingerprint density at radius 3 is 2.71 bits per heavy atom. The van der Waals surface area contributed by atoms with Crippen molar-refractivity contribution in [1.29, 1.82) is 5.26 Å². The fraction of sp³-hybridized carbons (Fsp3) is 0.133. The van der Waals surface area contributed by atoms with Crippen LogP contribution in [0.2, 0.25) is 0 Å². The Labute approximate surface area is 120 Å². The minimum Gasteiger partial charge on any atom is -0.489 e. The van der Waals surface area contributed by atoms with Crippen molar-refractivity contribution in [2.24, 2.45) is 0 Å². The highest BCUT2D eigenvalue weighted by Gasteiger charge is 2.10. The molecule has 2 aromatic carbocycles. The number of halogens is 1. The normalized spacial score (nSPS) is 9.95. The molecule has 0 aromatic heterocycles. The van der Waals surface area contributed by atoms with E-state index in [0.717, 1.165) is 0 Å². The summed E-state index contributed by atoms with van der Waals surface area (Å²) < 4.78 is 19.1. The van der Waals surface area contributed by atoms with Gasteiger partial charge in [0.05, 0.1) is 16.6 Å². The highest BCUT2D eigenvalue weighted by molar-refractivity contribution is 5.43. The minimum absolute atomic E-state index is 0.0301. The Bertz CT molecular complexity index is 738. The van der Waals surface area contributed by atoms with Gasteiger partial charge in [0.15, 0.2) is 0 Å². The van der Waals surface area contributed by atoms with Crippen LogP contribution in [0.15, 0.2) is 36.4 Å². The van der Waals surface area contributed by atoms with Gasteiger partial charge in [-0.15, -0.1) is 0 Å². The van der Waals surface area contributed by atoms with E-state index < -0.39 is 10.7 Å². The second kappa shape index (κ2) is 6.01. The number of rotatable bonds is 4. The average Bonchev–Trinajstić information content (AvgIpc) is 2.47. The van der Waals surface area contributed by atoms with Gasteiger partial charge in [0, 0.05) is 17.7 Å². The third-order valence-electron chi connectivity index (χ3n) is 2.93. The number of nitrogens with zero attached hydrogens (tertiary/aromatic N) is 2. The van der Waals surface area contributed by atoms with E-state index in [1.54, 1.807) is 6.92 Å². The molecule has 5 nitrogen and oxygen atoms in total. The van der Waals surface area contributed by atoms with E-state index in [2.05, 4.69) is 0 Å². The number of ether oxygens (including phenoxy) is 1. The van der Waals surface area contributed by atoms with Crippen LogP contribution in [0.25, 0.3) is 0 Å². The Balaban J connectivity index is 2.17. The van der Waals surface area contributed by atoms with Gasteiger partial charge in [0.25, 0.3) is 5.69 Å². The molecule has 0 aliphatic heterocycles. The Morgan fingerprint density at radius 2 is 2.10 bits per heavy atom. The number of nitriles is 1. The summed E-state index contributed by atoms with van der Waals surface area (Å²) in [6.45, 7) is 1.62. The number of aryl methyl sites for hydroxylation is 1. The summed E-state index contributed by atoms with van der Waals surface area (Å²) in [5.41, 5.74) is 1.15. The van der Waals surface area contributed by atoms with Crippen molar-refractivity contribution in [2.75, 3.05) is 0 Å². The zero-order valence-electron chi connectivity index (χ0n) is 11.2. The summed E-state index contributed by atoms with van der Waals surface area (Å²) in [6, 6.07) is 10.1. The van der Waals surface area contributed by atoms with Crippen molar-refractivity contribution < 1.29 is 14.1 Å². The van der Waals surface area contributed by atoms with Gasteiger partial charge in [-0.1, -0.05) is 0 Å². The van der Waals surface area contributed by atoms with E-state index in [9.17, 15) is 14.5 Å². The van der Waals surface area contributed by atoms with Crippen molar-refractivity contribution in [3.05, 3.63) is 69.0 Å². The molecule has 0 bridgehead atoms. The Kier molecular flexibility index (Phi) is 4.14. The molecular weight excluding hydrogens is 275 g/mol. The molecule has 0 N–H and O–H groups in total. The van der Waals surface area contributed by atoms with Crippen LogP contribution in [-0.2, 0) is 6.61 Å². The van der Waals surface area contributed by atoms with Crippen LogP contribution in [0.4, 0.5) is 10.1 Å². The maximum atomic E-state index is 13.6. The molecular formula is C15H11FN2O3. The Morgan fingerprint density at radius 1 is 1.33 bits per heavy atom. The van der Waals surface area contributed by atoms with Gasteiger partial charge in [-0.2, -0.15) is 5.26 Å². The molecule has 0 saturated heterocycles. The molecule has 6 heteroatoms. The molecule has 0 atom stereocenters. The summed E-state index contributed by atoms with van der Waals surface area (Å²) >= 11 is 0. The predicted octanol–water partition coefficient (Wildman–Crippen LogP) is 3.49. The molecule has 106 valence electrons. The van der Waals surface area contributed by atoms with E-state index in [1.807, 2.05) is 6.07 Å². The van der Waals surface area contributed by atoms with Gasteiger partial charge >= 0.3 is 0 Å². The highest BCUT2D eigenvalue weighted by Crippen LogP contribution is 2.24. The molecule has 0 radical (unpaired) electrons. The fourth-order valence-corrected chi connectivity index (χ4v) is 1.82. The van der Waals surface area contributed by atoms with Gasteiger partial charge in [0.2, 0.25) is 0 Å². The van der Waals surface area contributed by atoms with Gasteiger partial charge in [-0.05, 0) is 36.8 Å². The lowest BCUT2D eigenvalue weighted by atomic mass is 10.1. The van der Waals surface area contributed by atoms with Crippen molar-refractivity contribution in [3.8, 4) is 11.8 Å². The second-order valence-corrected chi connectivity index (χ2v) is 4.41. The summed E-state index contributed by atoms with van der Waals surface area (Å²) in [6.07, 6.45) is 0. The third-order valence-corrected chi connectivity index (χ3v) is 2.93. The topological polar surface area (TPSA) is 76.2 Å². The van der Waals surface area contributed by atoms with Crippen LogP contribution in [-0.4, -0.2) is 4.92 Å². The largest absolute Gasteiger partial charge is 0.489 e. The van der Waals surface area contributed by atoms with Crippen molar-refractivity contribution in [2.45, 2.75) is 13.5 Å². The summed E-state index contributed by atoms with van der Waals surface area (Å²) in [4.78, 5) is 10.2. The predicted molar refractivity (Wildman–Crippen MR) is 73.3 cm³/mol. The van der Waals surface area contributed by atoms with Crippen molar-refractivity contribution >= 4 is 5.69 Å². The number of nitro groups is 1. The first-order valence-corrected chi connectivity index (χ1v) is 6.07. The molecule has 0 aliphatic carbocycles. The molecule has 0 aliphatic rings. The van der Waals surface area contributed by atoms with Gasteiger partial charge < -0.3 is 4.74 Å². The molecule has 2 rings (SSSR count). The zero-order valence-corrected chi connectivity index (χ0v) is 11.2. The van der Waals surface area contributed by atoms with E-state index in [1.165, 1.54) is 36.4 Å². The molecule has 0 fully saturated rings. The van der Waals surface area contributed by atoms with E-state index in [4.69, 9.17) is 10.00 Å². The Hall–Kier alpha value is -2.94. The summed E-state index contributed by atoms with van der Waals surface area (Å²) in [5, 5.41) is 19.4. The van der Waals surface area contributed by atoms with E-state index in [0.29, 0.717) is 16.9 Å². The second-order valence-electron chi connectivity index (χ2n) is 4.41. The number of hydrogen-bond acceptors (Lipinski definition) is 4. The summed E-state index contributed by atoms with van der Waals surface area (Å²) in [7, 11) is 0. The van der Waals surface area contributed by atoms with E-state index >= 15 is 0 Å². The van der Waals surface area contributed by atoms with Crippen LogP contribution >= 0.6 is 0 Å². The van der Waals surface area contributed by atoms with Crippen LogP contribution in [0.5, 0.6) is 5.75 Å². The molecule has 0 heterocycles. The fourth-order valence-electron chi connectivity index (χ4n) is 1.82. The quantitative estimate of drug-likeness (QED) is 0.636. The average molecular weight is 286 g/mol. The first-order chi connectivity index (χ1) is 10.0. The lowest BCUT2D eigenvalue weighted by Crippen LogP contribution is -2.01. The van der Waals surface area contributed by atoms with Gasteiger partial charge in [0.1, 0.15) is 18.2 Å². The lowest BCUT2D eigenvalue weighted by molar-refractivity contribution is -0.384. The molecule has 21 heavy (non-hydrogen) atoms. The van der Waals surface area contributed by atoms with Gasteiger partial charge in [-0.25, -0.2) is 4.39 Å². The maximum absolute atomic E-state index is 13.6. The van der Waals surface area contributed by atoms with E-state index in [-0.39, 0.29) is 17.9 Å². The van der Waals surface area contributed by atoms with Crippen LogP contribution < -0.4 is 4.74 Å². The number of hydrogen-bond donors (Lipinski definition) is 0. The minimum atomic E-state index is -0.493. The lowest BCUT2D eigenvalue weighted by Gasteiger charge is -2.09. The van der Waals surface area contributed by atoms with Gasteiger partial charge in [-0.3, -0.25) is 10.1 Å². The van der Waals surface area contributed by atoms with Crippen molar-refractivity contribution in [3.63, 3.8) is 0 Å². The number of benzene rings is 2. The monoisotopic (exact) mass is 286 g/mol. The first kappa shape index (κ1) is 14.5. The molecule has 2 aromatic rings. The highest BCUT2D eigenvalue weighted by atomic mass is 19.1. The molecule has 0 unspecified atom stereocenters. The number of non-ortho nitro benzene ring substituents is 1. The molecule has 0 spiro atoms. The molecule has 0 saturated carbocycles. The zero-order chi connectivity index (χ0) is 15.4. The van der Waals surface area contributed by atoms with Crippen LogP contribution in [0.1, 0.15) is 16.7 Å². The molecule has 0 amide bonds. The third kappa shape index (κ3) is 3.34.